The van der Waals surface area contributed by atoms with Crippen molar-refractivity contribution in [2.45, 2.75) is 29.1 Å². The summed E-state index contributed by atoms with van der Waals surface area (Å²) in [5.41, 5.74) is 1.04. The van der Waals surface area contributed by atoms with Crippen molar-refractivity contribution >= 4 is 26.0 Å². The Balaban J connectivity index is 2.29. The number of aliphatic hydroxyl groups excluding tert-OH is 1. The SMILES string of the molecule is O=S(=O)(c1ccc(CBr)cc1)N1CCC[C@H]1CO. The lowest BCUT2D eigenvalue weighted by Crippen LogP contribution is -2.37. The van der Waals surface area contributed by atoms with Gasteiger partial charge < -0.3 is 5.11 Å². The first-order valence-corrected chi connectivity index (χ1v) is 8.43. The summed E-state index contributed by atoms with van der Waals surface area (Å²) in [5, 5.41) is 9.92. The maximum absolute atomic E-state index is 12.4. The van der Waals surface area contributed by atoms with Crippen LogP contribution in [0.3, 0.4) is 0 Å². The van der Waals surface area contributed by atoms with E-state index in [1.54, 1.807) is 24.3 Å². The molecule has 0 aliphatic carbocycles. The summed E-state index contributed by atoms with van der Waals surface area (Å²) in [7, 11) is -3.47. The van der Waals surface area contributed by atoms with Gasteiger partial charge in [0.25, 0.3) is 0 Å². The van der Waals surface area contributed by atoms with Crippen molar-refractivity contribution in [2.75, 3.05) is 13.2 Å². The van der Waals surface area contributed by atoms with E-state index in [2.05, 4.69) is 15.9 Å². The van der Waals surface area contributed by atoms with E-state index in [4.69, 9.17) is 0 Å². The molecule has 18 heavy (non-hydrogen) atoms. The van der Waals surface area contributed by atoms with E-state index in [1.807, 2.05) is 0 Å². The highest BCUT2D eigenvalue weighted by molar-refractivity contribution is 9.08. The number of nitrogens with zero attached hydrogens (tertiary/aromatic N) is 1. The summed E-state index contributed by atoms with van der Waals surface area (Å²) < 4.78 is 26.2. The van der Waals surface area contributed by atoms with Crippen LogP contribution in [0.4, 0.5) is 0 Å². The van der Waals surface area contributed by atoms with Crippen LogP contribution in [0.1, 0.15) is 18.4 Å². The highest BCUT2D eigenvalue weighted by atomic mass is 79.9. The molecule has 1 aromatic rings. The van der Waals surface area contributed by atoms with Gasteiger partial charge in [-0.3, -0.25) is 0 Å². The van der Waals surface area contributed by atoms with Crippen LogP contribution in [-0.4, -0.2) is 37.0 Å². The van der Waals surface area contributed by atoms with Crippen LogP contribution in [0.2, 0.25) is 0 Å². The summed E-state index contributed by atoms with van der Waals surface area (Å²) in [6, 6.07) is 6.57. The van der Waals surface area contributed by atoms with Crippen LogP contribution in [0.15, 0.2) is 29.2 Å². The summed E-state index contributed by atoms with van der Waals surface area (Å²) in [6.45, 7) is 0.381. The molecule has 4 nitrogen and oxygen atoms in total. The van der Waals surface area contributed by atoms with Crippen molar-refractivity contribution in [3.05, 3.63) is 29.8 Å². The molecule has 1 saturated heterocycles. The average Bonchev–Trinajstić information content (AvgIpc) is 2.88. The molecule has 0 unspecified atom stereocenters. The highest BCUT2D eigenvalue weighted by Gasteiger charge is 2.34. The van der Waals surface area contributed by atoms with Gasteiger partial charge >= 0.3 is 0 Å². The van der Waals surface area contributed by atoms with Gasteiger partial charge in [-0.05, 0) is 30.5 Å². The van der Waals surface area contributed by atoms with Gasteiger partial charge in [0.1, 0.15) is 0 Å². The zero-order valence-electron chi connectivity index (χ0n) is 9.92. The quantitative estimate of drug-likeness (QED) is 0.853. The third-order valence-corrected chi connectivity index (χ3v) is 5.83. The minimum absolute atomic E-state index is 0.112. The topological polar surface area (TPSA) is 57.6 Å². The summed E-state index contributed by atoms with van der Waals surface area (Å²) in [6.07, 6.45) is 1.54. The fourth-order valence-corrected chi connectivity index (χ4v) is 4.25. The molecular weight excluding hydrogens is 318 g/mol. The molecule has 0 amide bonds. The fourth-order valence-electron chi connectivity index (χ4n) is 2.19. The zero-order valence-corrected chi connectivity index (χ0v) is 12.3. The van der Waals surface area contributed by atoms with Crippen LogP contribution in [0.25, 0.3) is 0 Å². The third-order valence-electron chi connectivity index (χ3n) is 3.22. The van der Waals surface area contributed by atoms with Crippen molar-refractivity contribution in [1.82, 2.24) is 4.31 Å². The van der Waals surface area contributed by atoms with Gasteiger partial charge in [0.05, 0.1) is 11.5 Å². The van der Waals surface area contributed by atoms with E-state index >= 15 is 0 Å². The Morgan fingerprint density at radius 3 is 2.56 bits per heavy atom. The van der Waals surface area contributed by atoms with Crippen LogP contribution >= 0.6 is 15.9 Å². The van der Waals surface area contributed by atoms with Crippen LogP contribution in [-0.2, 0) is 15.4 Å². The average molecular weight is 334 g/mol. The maximum Gasteiger partial charge on any atom is 0.243 e. The van der Waals surface area contributed by atoms with Crippen molar-refractivity contribution in [3.63, 3.8) is 0 Å². The van der Waals surface area contributed by atoms with E-state index in [0.717, 1.165) is 18.4 Å². The number of aliphatic hydroxyl groups is 1. The largest absolute Gasteiger partial charge is 0.395 e. The Labute approximate surface area is 116 Å². The Hall–Kier alpha value is -0.430. The van der Waals surface area contributed by atoms with E-state index in [1.165, 1.54) is 4.31 Å². The molecule has 6 heteroatoms. The Kier molecular flexibility index (Phi) is 4.42. The molecule has 0 aromatic heterocycles. The number of sulfonamides is 1. The molecule has 0 saturated carbocycles. The second kappa shape index (κ2) is 5.69. The first-order chi connectivity index (χ1) is 8.59. The van der Waals surface area contributed by atoms with Crippen LogP contribution in [0, 0.1) is 0 Å². The molecule has 100 valence electrons. The summed E-state index contributed by atoms with van der Waals surface area (Å²) in [5.74, 6) is 0. The minimum atomic E-state index is -3.47. The molecule has 1 aliphatic rings. The third kappa shape index (κ3) is 2.61. The Bertz CT molecular complexity index is 501. The molecular formula is C12H16BrNO3S. The molecule has 2 rings (SSSR count). The van der Waals surface area contributed by atoms with Crippen molar-refractivity contribution in [3.8, 4) is 0 Å². The van der Waals surface area contributed by atoms with E-state index in [-0.39, 0.29) is 12.6 Å². The summed E-state index contributed by atoms with van der Waals surface area (Å²) >= 11 is 3.33. The molecule has 0 radical (unpaired) electrons. The number of benzene rings is 1. The van der Waals surface area contributed by atoms with E-state index in [0.29, 0.717) is 16.8 Å². The van der Waals surface area contributed by atoms with Gasteiger partial charge in [-0.1, -0.05) is 28.1 Å². The number of halogens is 1. The van der Waals surface area contributed by atoms with Crippen LogP contribution in [0.5, 0.6) is 0 Å². The predicted molar refractivity (Wildman–Crippen MR) is 73.1 cm³/mol. The molecule has 1 fully saturated rings. The first-order valence-electron chi connectivity index (χ1n) is 5.87. The minimum Gasteiger partial charge on any atom is -0.395 e. The molecule has 0 bridgehead atoms. The van der Waals surface area contributed by atoms with Gasteiger partial charge in [0.15, 0.2) is 0 Å². The first kappa shape index (κ1) is 14.0. The monoisotopic (exact) mass is 333 g/mol. The second-order valence-electron chi connectivity index (χ2n) is 4.37. The summed E-state index contributed by atoms with van der Waals surface area (Å²) in [4.78, 5) is 0.299. The lowest BCUT2D eigenvalue weighted by atomic mass is 10.2. The van der Waals surface area contributed by atoms with E-state index < -0.39 is 10.0 Å². The van der Waals surface area contributed by atoms with Crippen molar-refractivity contribution < 1.29 is 13.5 Å². The lowest BCUT2D eigenvalue weighted by Gasteiger charge is -2.22. The normalized spacial score (nSPS) is 21.3. The number of rotatable bonds is 4. The molecule has 1 aromatic carbocycles. The number of hydrogen-bond donors (Lipinski definition) is 1. The van der Waals surface area contributed by atoms with Gasteiger partial charge in [-0.2, -0.15) is 4.31 Å². The number of alkyl halides is 1. The second-order valence-corrected chi connectivity index (χ2v) is 6.82. The van der Waals surface area contributed by atoms with Gasteiger partial charge in [0, 0.05) is 17.9 Å². The molecule has 1 aliphatic heterocycles. The van der Waals surface area contributed by atoms with Crippen molar-refractivity contribution in [2.24, 2.45) is 0 Å². The number of hydrogen-bond acceptors (Lipinski definition) is 3. The van der Waals surface area contributed by atoms with Gasteiger partial charge in [0.2, 0.25) is 10.0 Å². The van der Waals surface area contributed by atoms with Crippen molar-refractivity contribution in [1.29, 1.82) is 0 Å². The highest BCUT2D eigenvalue weighted by Crippen LogP contribution is 2.26. The Morgan fingerprint density at radius 1 is 1.33 bits per heavy atom. The van der Waals surface area contributed by atoms with E-state index in [9.17, 15) is 13.5 Å². The predicted octanol–water partition coefficient (Wildman–Crippen LogP) is 1.73. The molecule has 1 atom stereocenters. The standard InChI is InChI=1S/C12H16BrNO3S/c13-8-10-3-5-12(6-4-10)18(16,17)14-7-1-2-11(14)9-15/h3-6,11,15H,1-2,7-9H2/t11-/m0/s1. The molecule has 1 heterocycles. The zero-order chi connectivity index (χ0) is 13.2. The van der Waals surface area contributed by atoms with Crippen LogP contribution < -0.4 is 0 Å². The lowest BCUT2D eigenvalue weighted by molar-refractivity contribution is 0.213. The maximum atomic E-state index is 12.4. The van der Waals surface area contributed by atoms with Gasteiger partial charge in [-0.15, -0.1) is 0 Å². The fraction of sp³-hybridized carbons (Fsp3) is 0.500. The Morgan fingerprint density at radius 2 is 2.00 bits per heavy atom. The smallest absolute Gasteiger partial charge is 0.243 e. The van der Waals surface area contributed by atoms with Gasteiger partial charge in [-0.25, -0.2) is 8.42 Å². The molecule has 0 spiro atoms. The molecule has 1 N–H and O–H groups in total.